The predicted molar refractivity (Wildman–Crippen MR) is 125 cm³/mol. The summed E-state index contributed by atoms with van der Waals surface area (Å²) < 4.78 is 1.52. The molecule has 0 bridgehead atoms. The van der Waals surface area contributed by atoms with Crippen LogP contribution in [0, 0.1) is 0 Å². The number of thiazole rings is 1. The quantitative estimate of drug-likeness (QED) is 0.606. The second-order valence-corrected chi connectivity index (χ2v) is 9.43. The Morgan fingerprint density at radius 2 is 2.07 bits per heavy atom. The van der Waals surface area contributed by atoms with Crippen molar-refractivity contribution in [1.82, 2.24) is 14.3 Å². The lowest BCUT2D eigenvalue weighted by Crippen LogP contribution is -2.44. The number of aromatic nitrogens is 2. The highest BCUT2D eigenvalue weighted by atomic mass is 35.5. The average Bonchev–Trinajstić information content (AvgIpc) is 3.18. The number of carbonyl (C=O) groups excluding carboxylic acids is 1. The molecule has 1 amide bonds. The first-order valence-electron chi connectivity index (χ1n) is 9.56. The topological polar surface area (TPSA) is 70.0 Å². The molecule has 0 atom stereocenters. The van der Waals surface area contributed by atoms with E-state index in [1.807, 2.05) is 17.5 Å². The number of fused-ring (bicyclic) bond motifs is 1. The summed E-state index contributed by atoms with van der Waals surface area (Å²) in [5.41, 5.74) is 2.30. The molecule has 3 aromatic rings. The van der Waals surface area contributed by atoms with E-state index in [1.54, 1.807) is 12.3 Å². The second kappa shape index (κ2) is 9.38. The van der Waals surface area contributed by atoms with Gasteiger partial charge in [-0.15, -0.1) is 23.1 Å². The molecule has 4 rings (SSSR count). The number of thioether (sulfide) groups is 1. The highest BCUT2D eigenvalue weighted by Crippen LogP contribution is 2.30. The standard InChI is InChI=1S/C20H22ClN5O2S2/c1-24-4-6-25(7-5-24)17-3-2-14(21)10-16(17)23-18(27)13-29-12-15-11-19(28)26-8-9-30-20(26)22-15/h2-3,8-11H,4-7,12-13H2,1H3,(H,23,27). The number of nitrogens with zero attached hydrogens (tertiary/aromatic N) is 4. The predicted octanol–water partition coefficient (Wildman–Crippen LogP) is 3.03. The summed E-state index contributed by atoms with van der Waals surface area (Å²) in [7, 11) is 2.11. The number of hydrogen-bond donors (Lipinski definition) is 1. The molecule has 30 heavy (non-hydrogen) atoms. The molecule has 0 spiro atoms. The van der Waals surface area contributed by atoms with E-state index in [9.17, 15) is 9.59 Å². The number of anilines is 2. The molecule has 1 fully saturated rings. The lowest BCUT2D eigenvalue weighted by Gasteiger charge is -2.35. The van der Waals surface area contributed by atoms with E-state index in [-0.39, 0.29) is 17.2 Å². The molecule has 0 radical (unpaired) electrons. The molecule has 158 valence electrons. The zero-order valence-corrected chi connectivity index (χ0v) is 18.9. The van der Waals surface area contributed by atoms with Gasteiger partial charge in [-0.25, -0.2) is 4.98 Å². The normalized spacial score (nSPS) is 14.9. The van der Waals surface area contributed by atoms with Crippen molar-refractivity contribution in [3.8, 4) is 0 Å². The third kappa shape index (κ3) is 4.97. The third-order valence-corrected chi connectivity index (χ3v) is 6.87. The van der Waals surface area contributed by atoms with E-state index >= 15 is 0 Å². The number of rotatable bonds is 6. The monoisotopic (exact) mass is 463 g/mol. The maximum Gasteiger partial charge on any atom is 0.258 e. The van der Waals surface area contributed by atoms with Gasteiger partial charge in [-0.2, -0.15) is 0 Å². The van der Waals surface area contributed by atoms with Crippen molar-refractivity contribution in [3.05, 3.63) is 56.9 Å². The minimum atomic E-state index is -0.105. The van der Waals surface area contributed by atoms with Gasteiger partial charge in [0.2, 0.25) is 5.91 Å². The fourth-order valence-corrected chi connectivity index (χ4v) is 4.96. The molecule has 2 aromatic heterocycles. The van der Waals surface area contributed by atoms with Gasteiger partial charge in [0.25, 0.3) is 5.56 Å². The Morgan fingerprint density at radius 3 is 2.87 bits per heavy atom. The first-order valence-corrected chi connectivity index (χ1v) is 12.0. The molecule has 1 aliphatic rings. The SMILES string of the molecule is CN1CCN(c2ccc(Cl)cc2NC(=O)CSCc2cc(=O)n3ccsc3n2)CC1. The van der Waals surface area contributed by atoms with Crippen LogP contribution in [0.1, 0.15) is 5.69 Å². The van der Waals surface area contributed by atoms with Crippen LogP contribution in [0.5, 0.6) is 0 Å². The summed E-state index contributed by atoms with van der Waals surface area (Å²) in [6, 6.07) is 7.13. The summed E-state index contributed by atoms with van der Waals surface area (Å²) in [5, 5.41) is 5.42. The molecule has 0 saturated carbocycles. The Hall–Kier alpha value is -2.07. The molecule has 1 N–H and O–H groups in total. The summed E-state index contributed by atoms with van der Waals surface area (Å²) in [6.07, 6.45) is 1.71. The van der Waals surface area contributed by atoms with Crippen molar-refractivity contribution in [3.63, 3.8) is 0 Å². The molecule has 0 unspecified atom stereocenters. The molecule has 7 nitrogen and oxygen atoms in total. The van der Waals surface area contributed by atoms with Gasteiger partial charge >= 0.3 is 0 Å². The smallest absolute Gasteiger partial charge is 0.258 e. The van der Waals surface area contributed by atoms with Crippen LogP contribution < -0.4 is 15.8 Å². The Labute approximate surface area is 187 Å². The van der Waals surface area contributed by atoms with Gasteiger partial charge in [-0.05, 0) is 25.2 Å². The number of carbonyl (C=O) groups is 1. The van der Waals surface area contributed by atoms with Crippen LogP contribution in [0.3, 0.4) is 0 Å². The van der Waals surface area contributed by atoms with Gasteiger partial charge < -0.3 is 15.1 Å². The molecule has 1 aliphatic heterocycles. The van der Waals surface area contributed by atoms with E-state index in [0.717, 1.165) is 37.6 Å². The average molecular weight is 464 g/mol. The molecular weight excluding hydrogens is 442 g/mol. The minimum Gasteiger partial charge on any atom is -0.367 e. The van der Waals surface area contributed by atoms with Crippen LogP contribution in [0.25, 0.3) is 4.96 Å². The molecule has 10 heteroatoms. The van der Waals surface area contributed by atoms with Crippen molar-refractivity contribution in [2.45, 2.75) is 5.75 Å². The second-order valence-electron chi connectivity index (χ2n) is 7.13. The fraction of sp³-hybridized carbons (Fsp3) is 0.350. The number of halogens is 1. The van der Waals surface area contributed by atoms with Gasteiger partial charge in [0.15, 0.2) is 4.96 Å². The summed E-state index contributed by atoms with van der Waals surface area (Å²) in [5.74, 6) is 0.657. The Balaban J connectivity index is 1.37. The van der Waals surface area contributed by atoms with Crippen LogP contribution in [-0.4, -0.2) is 59.2 Å². The Bertz CT molecular complexity index is 1110. The van der Waals surface area contributed by atoms with E-state index in [2.05, 4.69) is 27.1 Å². The zero-order valence-electron chi connectivity index (χ0n) is 16.5. The number of hydrogen-bond acceptors (Lipinski definition) is 7. The number of amides is 1. The van der Waals surface area contributed by atoms with Crippen LogP contribution in [0.15, 0.2) is 40.6 Å². The van der Waals surface area contributed by atoms with Gasteiger partial charge in [-0.3, -0.25) is 14.0 Å². The first kappa shape index (κ1) is 21.2. The molecule has 1 aromatic carbocycles. The van der Waals surface area contributed by atoms with Crippen LogP contribution in [0.2, 0.25) is 5.02 Å². The first-order chi connectivity index (χ1) is 14.5. The van der Waals surface area contributed by atoms with Crippen LogP contribution in [-0.2, 0) is 10.5 Å². The number of benzene rings is 1. The van der Waals surface area contributed by atoms with Crippen molar-refractivity contribution in [2.24, 2.45) is 0 Å². The summed E-state index contributed by atoms with van der Waals surface area (Å²) in [6.45, 7) is 3.77. The minimum absolute atomic E-state index is 0.1000. The van der Waals surface area contributed by atoms with Crippen molar-refractivity contribution in [2.75, 3.05) is 49.2 Å². The van der Waals surface area contributed by atoms with E-state index < -0.39 is 0 Å². The number of piperazine rings is 1. The summed E-state index contributed by atoms with van der Waals surface area (Å²) >= 11 is 9.02. The maximum atomic E-state index is 12.6. The molecule has 0 aliphatic carbocycles. The van der Waals surface area contributed by atoms with Crippen molar-refractivity contribution in [1.29, 1.82) is 0 Å². The highest BCUT2D eigenvalue weighted by Gasteiger charge is 2.18. The third-order valence-electron chi connectivity index (χ3n) is 4.92. The van der Waals surface area contributed by atoms with E-state index in [1.165, 1.54) is 33.6 Å². The molecular formula is C20H22ClN5O2S2. The Kier molecular flexibility index (Phi) is 6.62. The Morgan fingerprint density at radius 1 is 1.27 bits per heavy atom. The van der Waals surface area contributed by atoms with E-state index in [0.29, 0.717) is 21.4 Å². The van der Waals surface area contributed by atoms with Crippen LogP contribution >= 0.6 is 34.7 Å². The van der Waals surface area contributed by atoms with Gasteiger partial charge in [0.1, 0.15) is 0 Å². The number of nitrogens with one attached hydrogen (secondary N) is 1. The van der Waals surface area contributed by atoms with Gasteiger partial charge in [0.05, 0.1) is 22.8 Å². The van der Waals surface area contributed by atoms with Gasteiger partial charge in [0, 0.05) is 54.6 Å². The molecule has 1 saturated heterocycles. The van der Waals surface area contributed by atoms with Crippen molar-refractivity contribution < 1.29 is 4.79 Å². The van der Waals surface area contributed by atoms with Crippen molar-refractivity contribution >= 4 is 56.9 Å². The zero-order chi connectivity index (χ0) is 21.1. The van der Waals surface area contributed by atoms with Crippen LogP contribution in [0.4, 0.5) is 11.4 Å². The van der Waals surface area contributed by atoms with Gasteiger partial charge in [-0.1, -0.05) is 11.6 Å². The summed E-state index contributed by atoms with van der Waals surface area (Å²) in [4.78, 5) is 34.3. The largest absolute Gasteiger partial charge is 0.367 e. The fourth-order valence-electron chi connectivity index (χ4n) is 3.33. The lowest BCUT2D eigenvalue weighted by atomic mass is 10.2. The molecule has 3 heterocycles. The van der Waals surface area contributed by atoms with E-state index in [4.69, 9.17) is 11.6 Å². The maximum absolute atomic E-state index is 12.6. The number of likely N-dealkylation sites (N-methyl/N-ethyl adjacent to an activating group) is 1. The lowest BCUT2D eigenvalue weighted by molar-refractivity contribution is -0.113. The highest BCUT2D eigenvalue weighted by molar-refractivity contribution is 7.99.